The van der Waals surface area contributed by atoms with Gasteiger partial charge < -0.3 is 4.98 Å². The summed E-state index contributed by atoms with van der Waals surface area (Å²) < 4.78 is 0. The van der Waals surface area contributed by atoms with Crippen LogP contribution >= 0.6 is 11.3 Å². The molecule has 1 saturated heterocycles. The van der Waals surface area contributed by atoms with Crippen molar-refractivity contribution in [1.29, 1.82) is 0 Å². The Morgan fingerprint density at radius 1 is 1.27 bits per heavy atom. The van der Waals surface area contributed by atoms with Gasteiger partial charge in [0.25, 0.3) is 5.56 Å². The molecule has 22 heavy (non-hydrogen) atoms. The second kappa shape index (κ2) is 5.78. The zero-order valence-corrected chi connectivity index (χ0v) is 14.0. The lowest BCUT2D eigenvalue weighted by Gasteiger charge is -2.32. The summed E-state index contributed by atoms with van der Waals surface area (Å²) in [6, 6.07) is 0.589. The first-order valence-electron chi connectivity index (χ1n) is 8.50. The Kier molecular flexibility index (Phi) is 3.78. The minimum absolute atomic E-state index is 0.0732. The quantitative estimate of drug-likeness (QED) is 0.925. The number of hydrogen-bond acceptors (Lipinski definition) is 4. The molecular weight excluding hydrogens is 294 g/mol. The third-order valence-electron chi connectivity index (χ3n) is 5.17. The summed E-state index contributed by atoms with van der Waals surface area (Å²) in [5.74, 6) is 0.838. The fourth-order valence-corrected chi connectivity index (χ4v) is 5.15. The highest BCUT2D eigenvalue weighted by molar-refractivity contribution is 7.18. The van der Waals surface area contributed by atoms with Crippen LogP contribution in [0.15, 0.2) is 4.79 Å². The first-order chi connectivity index (χ1) is 10.7. The van der Waals surface area contributed by atoms with Crippen molar-refractivity contribution >= 4 is 21.6 Å². The number of aromatic nitrogens is 2. The highest BCUT2D eigenvalue weighted by atomic mass is 32.1. The van der Waals surface area contributed by atoms with Crippen LogP contribution in [-0.4, -0.2) is 27.5 Å². The maximum atomic E-state index is 12.5. The molecule has 4 rings (SSSR count). The third-order valence-corrected chi connectivity index (χ3v) is 6.35. The lowest BCUT2D eigenvalue weighted by Crippen LogP contribution is -2.37. The Hall–Kier alpha value is -1.20. The van der Waals surface area contributed by atoms with Crippen molar-refractivity contribution in [3.63, 3.8) is 0 Å². The molecule has 4 nitrogen and oxygen atoms in total. The van der Waals surface area contributed by atoms with Crippen LogP contribution in [0.2, 0.25) is 0 Å². The molecule has 0 spiro atoms. The number of hydrogen-bond donors (Lipinski definition) is 1. The lowest BCUT2D eigenvalue weighted by atomic mass is 9.97. The lowest BCUT2D eigenvalue weighted by molar-refractivity contribution is 0.149. The topological polar surface area (TPSA) is 49.0 Å². The molecule has 2 aromatic heterocycles. The average Bonchev–Trinajstić information content (AvgIpc) is 2.88. The molecule has 2 aliphatic rings. The van der Waals surface area contributed by atoms with Crippen LogP contribution in [-0.2, 0) is 19.4 Å². The van der Waals surface area contributed by atoms with Crippen LogP contribution in [0.1, 0.15) is 55.3 Å². The summed E-state index contributed by atoms with van der Waals surface area (Å²) in [5.41, 5.74) is 1.35. The second-order valence-electron chi connectivity index (χ2n) is 6.72. The Morgan fingerprint density at radius 3 is 3.00 bits per heavy atom. The molecule has 2 aromatic rings. The Labute approximate surface area is 134 Å². The number of nitrogens with one attached hydrogen (secondary N) is 1. The summed E-state index contributed by atoms with van der Waals surface area (Å²) in [6.07, 6.45) is 8.43. The van der Waals surface area contributed by atoms with Gasteiger partial charge in [-0.05, 0) is 57.6 Å². The summed E-state index contributed by atoms with van der Waals surface area (Å²) in [5, 5.41) is 0.871. The molecule has 0 amide bonds. The molecular formula is C17H23N3OS. The van der Waals surface area contributed by atoms with Crippen molar-refractivity contribution in [2.24, 2.45) is 0 Å². The Balaban J connectivity index is 1.69. The van der Waals surface area contributed by atoms with Gasteiger partial charge in [0.05, 0.1) is 11.9 Å². The molecule has 1 aliphatic heterocycles. The van der Waals surface area contributed by atoms with E-state index in [9.17, 15) is 4.79 Å². The first-order valence-corrected chi connectivity index (χ1v) is 9.31. The highest BCUT2D eigenvalue weighted by Crippen LogP contribution is 2.33. The van der Waals surface area contributed by atoms with E-state index in [1.54, 1.807) is 11.3 Å². The molecule has 1 atom stereocenters. The normalized spacial score (nSPS) is 22.9. The molecule has 0 aromatic carbocycles. The number of likely N-dealkylation sites (tertiary alicyclic amines) is 1. The largest absolute Gasteiger partial charge is 0.309 e. The van der Waals surface area contributed by atoms with Gasteiger partial charge in [-0.2, -0.15) is 0 Å². The summed E-state index contributed by atoms with van der Waals surface area (Å²) in [4.78, 5) is 25.2. The monoisotopic (exact) mass is 317 g/mol. The van der Waals surface area contributed by atoms with Gasteiger partial charge in [-0.25, -0.2) is 4.98 Å². The molecule has 5 heteroatoms. The van der Waals surface area contributed by atoms with Gasteiger partial charge >= 0.3 is 0 Å². The number of rotatable bonds is 2. The molecule has 3 heterocycles. The van der Waals surface area contributed by atoms with Gasteiger partial charge in [0.15, 0.2) is 0 Å². The van der Waals surface area contributed by atoms with E-state index < -0.39 is 0 Å². The number of aryl methyl sites for hydroxylation is 2. The number of piperidine rings is 1. The van der Waals surface area contributed by atoms with Crippen molar-refractivity contribution in [3.8, 4) is 0 Å². The first kappa shape index (κ1) is 14.4. The Bertz CT molecular complexity index is 748. The molecule has 1 fully saturated rings. The van der Waals surface area contributed by atoms with E-state index in [1.165, 1.54) is 42.5 Å². The van der Waals surface area contributed by atoms with E-state index >= 15 is 0 Å². The van der Waals surface area contributed by atoms with Crippen LogP contribution in [0.3, 0.4) is 0 Å². The SMILES string of the molecule is C[C@@H]1CCCCN1Cc1nc2sc3c(c2c(=O)[nH]1)CCCC3. The summed E-state index contributed by atoms with van der Waals surface area (Å²) in [7, 11) is 0. The molecule has 0 saturated carbocycles. The van der Waals surface area contributed by atoms with Crippen molar-refractivity contribution < 1.29 is 0 Å². The van der Waals surface area contributed by atoms with E-state index in [4.69, 9.17) is 4.98 Å². The molecule has 1 aliphatic carbocycles. The van der Waals surface area contributed by atoms with E-state index in [0.29, 0.717) is 6.04 Å². The molecule has 0 unspecified atom stereocenters. The molecule has 0 radical (unpaired) electrons. The Morgan fingerprint density at radius 2 is 2.14 bits per heavy atom. The van der Waals surface area contributed by atoms with Gasteiger partial charge in [0.2, 0.25) is 0 Å². The highest BCUT2D eigenvalue weighted by Gasteiger charge is 2.22. The number of fused-ring (bicyclic) bond motifs is 3. The number of aromatic amines is 1. The standard InChI is InChI=1S/C17H23N3OS/c1-11-6-4-5-9-20(11)10-14-18-16(21)15-12-7-2-3-8-13(12)22-17(15)19-14/h11H,2-10H2,1H3,(H,18,19,21)/t11-/m1/s1. The number of thiophene rings is 1. The maximum absolute atomic E-state index is 12.5. The van der Waals surface area contributed by atoms with Gasteiger partial charge in [-0.1, -0.05) is 6.42 Å². The van der Waals surface area contributed by atoms with Gasteiger partial charge in [-0.15, -0.1) is 11.3 Å². The molecule has 118 valence electrons. The number of nitrogens with zero attached hydrogens (tertiary/aromatic N) is 2. The fraction of sp³-hybridized carbons (Fsp3) is 0.647. The smallest absolute Gasteiger partial charge is 0.259 e. The van der Waals surface area contributed by atoms with Crippen LogP contribution in [0.4, 0.5) is 0 Å². The van der Waals surface area contributed by atoms with Gasteiger partial charge in [0, 0.05) is 10.9 Å². The number of H-pyrrole nitrogens is 1. The van der Waals surface area contributed by atoms with Crippen molar-refractivity contribution in [3.05, 3.63) is 26.6 Å². The van der Waals surface area contributed by atoms with E-state index in [0.717, 1.165) is 42.0 Å². The zero-order chi connectivity index (χ0) is 15.1. The van der Waals surface area contributed by atoms with E-state index in [1.807, 2.05) is 0 Å². The molecule has 0 bridgehead atoms. The predicted octanol–water partition coefficient (Wildman–Crippen LogP) is 3.24. The van der Waals surface area contributed by atoms with Crippen molar-refractivity contribution in [1.82, 2.24) is 14.9 Å². The van der Waals surface area contributed by atoms with Crippen LogP contribution < -0.4 is 5.56 Å². The minimum Gasteiger partial charge on any atom is -0.309 e. The maximum Gasteiger partial charge on any atom is 0.259 e. The fourth-order valence-electron chi connectivity index (χ4n) is 3.87. The van der Waals surface area contributed by atoms with Crippen LogP contribution in [0.25, 0.3) is 10.2 Å². The average molecular weight is 317 g/mol. The van der Waals surface area contributed by atoms with E-state index in [-0.39, 0.29) is 5.56 Å². The van der Waals surface area contributed by atoms with Gasteiger partial charge in [-0.3, -0.25) is 9.69 Å². The van der Waals surface area contributed by atoms with Gasteiger partial charge in [0.1, 0.15) is 10.7 Å². The van der Waals surface area contributed by atoms with Crippen LogP contribution in [0, 0.1) is 0 Å². The van der Waals surface area contributed by atoms with Crippen LogP contribution in [0.5, 0.6) is 0 Å². The summed E-state index contributed by atoms with van der Waals surface area (Å²) in [6.45, 7) is 4.17. The second-order valence-corrected chi connectivity index (χ2v) is 7.80. The predicted molar refractivity (Wildman–Crippen MR) is 90.6 cm³/mol. The van der Waals surface area contributed by atoms with E-state index in [2.05, 4.69) is 16.8 Å². The van der Waals surface area contributed by atoms with Crippen molar-refractivity contribution in [2.75, 3.05) is 6.54 Å². The minimum atomic E-state index is 0.0732. The third kappa shape index (κ3) is 2.50. The molecule has 1 N–H and O–H groups in total. The zero-order valence-electron chi connectivity index (χ0n) is 13.2. The van der Waals surface area contributed by atoms with Crippen molar-refractivity contribution in [2.45, 2.75) is 64.5 Å². The summed E-state index contributed by atoms with van der Waals surface area (Å²) >= 11 is 1.74.